The molecular weight excluding hydrogens is 430 g/mol. The molecule has 2 aliphatic heterocycles. The van der Waals surface area contributed by atoms with Crippen LogP contribution >= 0.6 is 23.1 Å². The number of oxime groups is 1. The molecule has 1 saturated heterocycles. The van der Waals surface area contributed by atoms with E-state index in [1.807, 2.05) is 43.9 Å². The third-order valence-corrected chi connectivity index (χ3v) is 7.34. The molecule has 2 aliphatic rings. The summed E-state index contributed by atoms with van der Waals surface area (Å²) >= 11 is 3.43. The second-order valence-corrected chi connectivity index (χ2v) is 10.8. The predicted octanol–water partition coefficient (Wildman–Crippen LogP) is 5.97. The van der Waals surface area contributed by atoms with Crippen molar-refractivity contribution in [2.45, 2.75) is 63.4 Å². The molecule has 0 saturated carbocycles. The van der Waals surface area contributed by atoms with Crippen LogP contribution in [0.2, 0.25) is 0 Å². The number of nitrogens with zero attached hydrogens (tertiary/aromatic N) is 3. The third kappa shape index (κ3) is 6.01. The number of hydrogen-bond donors (Lipinski definition) is 0. The normalized spacial score (nSPS) is 19.8. The molecule has 0 bridgehead atoms. The number of benzene rings is 1. The van der Waals surface area contributed by atoms with Gasteiger partial charge < -0.3 is 14.5 Å². The summed E-state index contributed by atoms with van der Waals surface area (Å²) in [6.07, 6.45) is 2.48. The molecule has 3 heterocycles. The van der Waals surface area contributed by atoms with Crippen LogP contribution in [0.5, 0.6) is 0 Å². The van der Waals surface area contributed by atoms with Crippen molar-refractivity contribution in [3.8, 4) is 0 Å². The van der Waals surface area contributed by atoms with Crippen molar-refractivity contribution in [1.82, 2.24) is 9.88 Å². The van der Waals surface area contributed by atoms with Gasteiger partial charge in [-0.1, -0.05) is 35.5 Å². The summed E-state index contributed by atoms with van der Waals surface area (Å²) in [5.74, 6) is 1.22. The Morgan fingerprint density at radius 1 is 1.26 bits per heavy atom. The van der Waals surface area contributed by atoms with E-state index in [-0.39, 0.29) is 12.2 Å². The highest BCUT2D eigenvalue weighted by Crippen LogP contribution is 2.34. The zero-order valence-electron chi connectivity index (χ0n) is 18.2. The first-order valence-corrected chi connectivity index (χ1v) is 12.6. The third-order valence-electron chi connectivity index (χ3n) is 5.27. The van der Waals surface area contributed by atoms with E-state index in [1.54, 1.807) is 23.1 Å². The van der Waals surface area contributed by atoms with Crippen molar-refractivity contribution in [3.05, 3.63) is 52.0 Å². The first-order valence-electron chi connectivity index (χ1n) is 10.7. The molecule has 4 rings (SSSR count). The number of hydrogen-bond acceptors (Lipinski definition) is 7. The maximum Gasteiger partial charge on any atom is 0.410 e. The van der Waals surface area contributed by atoms with Crippen LogP contribution in [-0.2, 0) is 15.3 Å². The molecule has 166 valence electrons. The van der Waals surface area contributed by atoms with Crippen LogP contribution in [0.25, 0.3) is 0 Å². The van der Waals surface area contributed by atoms with Gasteiger partial charge in [0.1, 0.15) is 10.6 Å². The molecule has 2 aromatic rings. The summed E-state index contributed by atoms with van der Waals surface area (Å²) in [6.45, 7) is 7.14. The highest BCUT2D eigenvalue weighted by Gasteiger charge is 2.29. The number of carbonyl (C=O) groups excluding carboxylic acids is 1. The van der Waals surface area contributed by atoms with Gasteiger partial charge in [-0.25, -0.2) is 9.78 Å². The highest BCUT2D eigenvalue weighted by atomic mass is 32.2. The Balaban J connectivity index is 1.23. The quantitative estimate of drug-likeness (QED) is 0.564. The topological polar surface area (TPSA) is 64.0 Å². The molecular formula is C23H29N3O3S2. The fourth-order valence-corrected chi connectivity index (χ4v) is 5.58. The number of thiazole rings is 1. The molecule has 0 radical (unpaired) electrons. The van der Waals surface area contributed by atoms with Crippen molar-refractivity contribution in [1.29, 1.82) is 0 Å². The Morgan fingerprint density at radius 2 is 2.00 bits per heavy atom. The Kier molecular flexibility index (Phi) is 6.86. The molecule has 1 atom stereocenters. The second kappa shape index (κ2) is 9.61. The monoisotopic (exact) mass is 459 g/mol. The molecule has 6 nitrogen and oxygen atoms in total. The van der Waals surface area contributed by atoms with Crippen LogP contribution in [0.4, 0.5) is 4.79 Å². The summed E-state index contributed by atoms with van der Waals surface area (Å²) in [4.78, 5) is 24.5. The van der Waals surface area contributed by atoms with Gasteiger partial charge in [-0.15, -0.1) is 23.1 Å². The smallest absolute Gasteiger partial charge is 0.410 e. The number of rotatable bonds is 4. The Morgan fingerprint density at radius 3 is 2.71 bits per heavy atom. The lowest BCUT2D eigenvalue weighted by Gasteiger charge is -2.32. The number of thioether (sulfide) groups is 1. The first kappa shape index (κ1) is 22.1. The van der Waals surface area contributed by atoms with Crippen LogP contribution in [-0.4, -0.2) is 39.7 Å². The fraction of sp³-hybridized carbons (Fsp3) is 0.522. The van der Waals surface area contributed by atoms with Gasteiger partial charge in [-0.3, -0.25) is 0 Å². The largest absolute Gasteiger partial charge is 0.444 e. The summed E-state index contributed by atoms with van der Waals surface area (Å²) < 4.78 is 5.49. The van der Waals surface area contributed by atoms with E-state index in [4.69, 9.17) is 14.6 Å². The van der Waals surface area contributed by atoms with E-state index >= 15 is 0 Å². The van der Waals surface area contributed by atoms with Crippen molar-refractivity contribution in [2.75, 3.05) is 13.1 Å². The van der Waals surface area contributed by atoms with E-state index in [1.165, 1.54) is 5.01 Å². The van der Waals surface area contributed by atoms with Crippen molar-refractivity contribution >= 4 is 34.2 Å². The van der Waals surface area contributed by atoms with Gasteiger partial charge in [0.05, 0.1) is 10.7 Å². The van der Waals surface area contributed by atoms with Crippen LogP contribution < -0.4 is 0 Å². The summed E-state index contributed by atoms with van der Waals surface area (Å²) in [6, 6.07) is 10.2. The van der Waals surface area contributed by atoms with Gasteiger partial charge in [0.2, 0.25) is 0 Å². The highest BCUT2D eigenvalue weighted by molar-refractivity contribution is 8.13. The number of ether oxygens (including phenoxy) is 1. The lowest BCUT2D eigenvalue weighted by molar-refractivity contribution is 0.0204. The van der Waals surface area contributed by atoms with E-state index in [0.717, 1.165) is 54.4 Å². The van der Waals surface area contributed by atoms with E-state index in [0.29, 0.717) is 5.92 Å². The minimum Gasteiger partial charge on any atom is -0.444 e. The van der Waals surface area contributed by atoms with E-state index < -0.39 is 5.60 Å². The average molecular weight is 460 g/mol. The molecule has 1 aromatic carbocycles. The molecule has 31 heavy (non-hydrogen) atoms. The molecule has 0 N–H and O–H groups in total. The van der Waals surface area contributed by atoms with Crippen LogP contribution in [0.1, 0.15) is 68.3 Å². The van der Waals surface area contributed by atoms with E-state index in [2.05, 4.69) is 22.7 Å². The lowest BCUT2D eigenvalue weighted by Crippen LogP contribution is -2.41. The molecule has 8 heteroatoms. The Hall–Kier alpha value is -2.06. The van der Waals surface area contributed by atoms with Gasteiger partial charge in [-0.2, -0.15) is 0 Å². The predicted molar refractivity (Wildman–Crippen MR) is 126 cm³/mol. The number of likely N-dealkylation sites (tertiary alicyclic amines) is 1. The van der Waals surface area contributed by atoms with Crippen LogP contribution in [0, 0.1) is 0 Å². The Bertz CT molecular complexity index is 916. The summed E-state index contributed by atoms with van der Waals surface area (Å²) in [7, 11) is 0. The zero-order valence-corrected chi connectivity index (χ0v) is 19.9. The molecule has 0 aliphatic carbocycles. The van der Waals surface area contributed by atoms with Crippen molar-refractivity contribution in [2.24, 2.45) is 5.16 Å². The minimum atomic E-state index is -0.453. The molecule has 1 unspecified atom stereocenters. The van der Waals surface area contributed by atoms with Crippen molar-refractivity contribution < 1.29 is 14.4 Å². The maximum atomic E-state index is 12.3. The molecule has 1 aromatic heterocycles. The number of amides is 1. The molecule has 1 fully saturated rings. The van der Waals surface area contributed by atoms with Gasteiger partial charge in [0, 0.05) is 36.6 Å². The number of aromatic nitrogens is 1. The maximum absolute atomic E-state index is 12.3. The SMILES string of the molecule is CC(C)(C)OC(=O)N1CCC(c2nc(CSC3=NOC(c4ccccc4)C3)cs2)CC1. The molecule has 1 amide bonds. The minimum absolute atomic E-state index is 0.0184. The Labute approximate surface area is 192 Å². The van der Waals surface area contributed by atoms with Crippen LogP contribution in [0.15, 0.2) is 40.9 Å². The standard InChI is InChI=1S/C23H29N3O3S2/c1-23(2,3)28-22(27)26-11-9-17(10-12-26)21-24-18(15-31-21)14-30-20-13-19(29-25-20)16-7-5-4-6-8-16/h4-8,15,17,19H,9-14H2,1-3H3. The number of piperidine rings is 1. The summed E-state index contributed by atoms with van der Waals surface area (Å²) in [5, 5.41) is 8.60. The lowest BCUT2D eigenvalue weighted by atomic mass is 9.98. The van der Waals surface area contributed by atoms with Crippen LogP contribution in [0.3, 0.4) is 0 Å². The number of carbonyl (C=O) groups is 1. The zero-order chi connectivity index (χ0) is 21.8. The molecule has 0 spiro atoms. The average Bonchev–Trinajstić information content (AvgIpc) is 3.42. The van der Waals surface area contributed by atoms with E-state index in [9.17, 15) is 4.79 Å². The fourth-order valence-electron chi connectivity index (χ4n) is 3.66. The van der Waals surface area contributed by atoms with Gasteiger partial charge >= 0.3 is 6.09 Å². The summed E-state index contributed by atoms with van der Waals surface area (Å²) in [5.41, 5.74) is 1.80. The second-order valence-electron chi connectivity index (χ2n) is 8.90. The van der Waals surface area contributed by atoms with Gasteiger partial charge in [0.15, 0.2) is 6.10 Å². The van der Waals surface area contributed by atoms with Gasteiger partial charge in [-0.05, 0) is 39.2 Å². The van der Waals surface area contributed by atoms with Crippen molar-refractivity contribution in [3.63, 3.8) is 0 Å². The first-order chi connectivity index (χ1) is 14.9. The van der Waals surface area contributed by atoms with Gasteiger partial charge in [0.25, 0.3) is 0 Å².